The Labute approximate surface area is 94.0 Å². The Kier molecular flexibility index (Phi) is 2.69. The smallest absolute Gasteiger partial charge is 0.354 e. The van der Waals surface area contributed by atoms with Crippen LogP contribution < -0.4 is 5.32 Å². The Morgan fingerprint density at radius 3 is 2.94 bits per heavy atom. The second kappa shape index (κ2) is 4.15. The number of rotatable bonds is 3. The van der Waals surface area contributed by atoms with Crippen LogP contribution in [0.25, 0.3) is 0 Å². The minimum atomic E-state index is -1.21. The van der Waals surface area contributed by atoms with Crippen LogP contribution in [0.15, 0.2) is 23.2 Å². The van der Waals surface area contributed by atoms with E-state index in [2.05, 4.69) is 15.3 Å². The van der Waals surface area contributed by atoms with E-state index in [1.807, 2.05) is 0 Å². The molecule has 0 atom stereocenters. The molecule has 2 aromatic rings. The standard InChI is InChI=1S/C9H7N3O3S/c13-8(12-5-1-2-16-3-5)6-7(9(14)15)11-4-10-6/h1-4H,(H,10,11)(H,12,13)(H,14,15). The first-order valence-electron chi connectivity index (χ1n) is 4.28. The summed E-state index contributed by atoms with van der Waals surface area (Å²) in [6, 6.07) is 1.72. The van der Waals surface area contributed by atoms with Crippen molar-refractivity contribution in [3.8, 4) is 0 Å². The summed E-state index contributed by atoms with van der Waals surface area (Å²) < 4.78 is 0. The topological polar surface area (TPSA) is 95.1 Å². The molecule has 0 saturated carbocycles. The van der Waals surface area contributed by atoms with Crippen LogP contribution in [0, 0.1) is 0 Å². The zero-order valence-corrected chi connectivity index (χ0v) is 8.75. The summed E-state index contributed by atoms with van der Waals surface area (Å²) in [7, 11) is 0. The van der Waals surface area contributed by atoms with Crippen molar-refractivity contribution in [1.82, 2.24) is 9.97 Å². The van der Waals surface area contributed by atoms with Crippen LogP contribution in [0.1, 0.15) is 21.0 Å². The van der Waals surface area contributed by atoms with E-state index in [1.165, 1.54) is 17.7 Å². The number of anilines is 1. The first kappa shape index (κ1) is 10.4. The Bertz CT molecular complexity index is 518. The van der Waals surface area contributed by atoms with Crippen molar-refractivity contribution in [2.24, 2.45) is 0 Å². The first-order valence-corrected chi connectivity index (χ1v) is 5.23. The minimum absolute atomic E-state index is 0.126. The normalized spacial score (nSPS) is 10.0. The molecule has 0 fully saturated rings. The van der Waals surface area contributed by atoms with Crippen molar-refractivity contribution in [2.75, 3.05) is 5.32 Å². The largest absolute Gasteiger partial charge is 0.477 e. The van der Waals surface area contributed by atoms with Crippen LogP contribution >= 0.6 is 11.3 Å². The summed E-state index contributed by atoms with van der Waals surface area (Å²) in [5.74, 6) is -1.76. The molecule has 0 aliphatic carbocycles. The molecule has 0 aliphatic rings. The number of aromatic amines is 1. The zero-order valence-electron chi connectivity index (χ0n) is 7.93. The number of nitrogens with zero attached hydrogens (tertiary/aromatic N) is 1. The van der Waals surface area contributed by atoms with Gasteiger partial charge in [-0.05, 0) is 11.4 Å². The molecule has 1 amide bonds. The van der Waals surface area contributed by atoms with Gasteiger partial charge < -0.3 is 15.4 Å². The van der Waals surface area contributed by atoms with E-state index in [4.69, 9.17) is 5.11 Å². The third-order valence-electron chi connectivity index (χ3n) is 1.85. The van der Waals surface area contributed by atoms with E-state index in [9.17, 15) is 9.59 Å². The van der Waals surface area contributed by atoms with Crippen LogP contribution in [0.3, 0.4) is 0 Å². The van der Waals surface area contributed by atoms with Crippen molar-refractivity contribution >= 4 is 28.9 Å². The van der Waals surface area contributed by atoms with Crippen LogP contribution in [-0.4, -0.2) is 27.0 Å². The average Bonchev–Trinajstić information content (AvgIpc) is 2.86. The Morgan fingerprint density at radius 1 is 1.50 bits per heavy atom. The van der Waals surface area contributed by atoms with Gasteiger partial charge in [0.2, 0.25) is 0 Å². The van der Waals surface area contributed by atoms with Crippen molar-refractivity contribution in [3.05, 3.63) is 34.5 Å². The number of hydrogen-bond acceptors (Lipinski definition) is 4. The molecule has 3 N–H and O–H groups in total. The number of carbonyl (C=O) groups is 2. The molecular formula is C9H7N3O3S. The van der Waals surface area contributed by atoms with Gasteiger partial charge in [-0.15, -0.1) is 0 Å². The summed E-state index contributed by atoms with van der Waals surface area (Å²) in [5.41, 5.74) is 0.278. The summed E-state index contributed by atoms with van der Waals surface area (Å²) in [6.07, 6.45) is 1.17. The van der Waals surface area contributed by atoms with Gasteiger partial charge in [0, 0.05) is 5.38 Å². The Morgan fingerprint density at radius 2 is 2.31 bits per heavy atom. The van der Waals surface area contributed by atoms with Crippen LogP contribution in [0.5, 0.6) is 0 Å². The van der Waals surface area contributed by atoms with Crippen LogP contribution in [-0.2, 0) is 0 Å². The molecule has 0 aliphatic heterocycles. The van der Waals surface area contributed by atoms with E-state index >= 15 is 0 Å². The summed E-state index contributed by atoms with van der Waals surface area (Å²) in [4.78, 5) is 28.5. The molecule has 0 saturated heterocycles. The average molecular weight is 237 g/mol. The van der Waals surface area contributed by atoms with Gasteiger partial charge in [-0.25, -0.2) is 9.78 Å². The highest BCUT2D eigenvalue weighted by molar-refractivity contribution is 7.08. The number of aromatic carboxylic acids is 1. The van der Waals surface area contributed by atoms with E-state index < -0.39 is 11.9 Å². The maximum Gasteiger partial charge on any atom is 0.354 e. The lowest BCUT2D eigenvalue weighted by molar-refractivity contribution is 0.0686. The molecule has 0 radical (unpaired) electrons. The molecule has 0 bridgehead atoms. The predicted molar refractivity (Wildman–Crippen MR) is 57.8 cm³/mol. The number of H-pyrrole nitrogens is 1. The highest BCUT2D eigenvalue weighted by Gasteiger charge is 2.19. The Hall–Kier alpha value is -2.15. The number of carboxylic acids is 1. The fourth-order valence-corrected chi connectivity index (χ4v) is 1.74. The van der Waals surface area contributed by atoms with Gasteiger partial charge in [0.1, 0.15) is 0 Å². The number of thiophene rings is 1. The highest BCUT2D eigenvalue weighted by Crippen LogP contribution is 2.13. The van der Waals surface area contributed by atoms with Gasteiger partial charge in [-0.1, -0.05) is 0 Å². The fraction of sp³-hybridized carbons (Fsp3) is 0. The summed E-state index contributed by atoms with van der Waals surface area (Å²) in [5, 5.41) is 14.9. The molecule has 82 valence electrons. The number of carbonyl (C=O) groups excluding carboxylic acids is 1. The van der Waals surface area contributed by atoms with Crippen molar-refractivity contribution in [1.29, 1.82) is 0 Å². The monoisotopic (exact) mass is 237 g/mol. The van der Waals surface area contributed by atoms with Crippen molar-refractivity contribution in [3.63, 3.8) is 0 Å². The van der Waals surface area contributed by atoms with E-state index in [1.54, 1.807) is 16.8 Å². The quantitative estimate of drug-likeness (QED) is 0.752. The van der Waals surface area contributed by atoms with Gasteiger partial charge in [0.05, 0.1) is 12.0 Å². The zero-order chi connectivity index (χ0) is 11.5. The number of hydrogen-bond donors (Lipinski definition) is 3. The number of aromatic nitrogens is 2. The first-order chi connectivity index (χ1) is 7.68. The number of amides is 1. The molecule has 7 heteroatoms. The molecule has 16 heavy (non-hydrogen) atoms. The fourth-order valence-electron chi connectivity index (χ4n) is 1.16. The van der Waals surface area contributed by atoms with Crippen molar-refractivity contribution < 1.29 is 14.7 Å². The van der Waals surface area contributed by atoms with Crippen LogP contribution in [0.2, 0.25) is 0 Å². The second-order valence-corrected chi connectivity index (χ2v) is 3.68. The summed E-state index contributed by atoms with van der Waals surface area (Å²) >= 11 is 1.43. The SMILES string of the molecule is O=C(Nc1ccsc1)c1nc[nH]c1C(=O)O. The van der Waals surface area contributed by atoms with Gasteiger partial charge in [-0.2, -0.15) is 11.3 Å². The van der Waals surface area contributed by atoms with E-state index in [0.717, 1.165) is 0 Å². The molecule has 0 spiro atoms. The molecular weight excluding hydrogens is 230 g/mol. The predicted octanol–water partition coefficient (Wildman–Crippen LogP) is 1.42. The minimum Gasteiger partial charge on any atom is -0.477 e. The Balaban J connectivity index is 2.21. The van der Waals surface area contributed by atoms with E-state index in [-0.39, 0.29) is 11.4 Å². The summed E-state index contributed by atoms with van der Waals surface area (Å²) in [6.45, 7) is 0. The molecule has 0 unspecified atom stereocenters. The van der Waals surface area contributed by atoms with Gasteiger partial charge >= 0.3 is 5.97 Å². The van der Waals surface area contributed by atoms with Gasteiger partial charge in [0.15, 0.2) is 11.4 Å². The van der Waals surface area contributed by atoms with Crippen LogP contribution in [0.4, 0.5) is 5.69 Å². The lowest BCUT2D eigenvalue weighted by Crippen LogP contribution is -2.16. The molecule has 2 heterocycles. The third-order valence-corrected chi connectivity index (χ3v) is 2.53. The molecule has 2 aromatic heterocycles. The van der Waals surface area contributed by atoms with Crippen molar-refractivity contribution in [2.45, 2.75) is 0 Å². The molecule has 0 aromatic carbocycles. The third kappa shape index (κ3) is 1.94. The number of imidazole rings is 1. The highest BCUT2D eigenvalue weighted by atomic mass is 32.1. The lowest BCUT2D eigenvalue weighted by atomic mass is 10.3. The van der Waals surface area contributed by atoms with E-state index in [0.29, 0.717) is 5.69 Å². The number of nitrogens with one attached hydrogen (secondary N) is 2. The molecule has 6 nitrogen and oxygen atoms in total. The second-order valence-electron chi connectivity index (χ2n) is 2.90. The van der Waals surface area contributed by atoms with Gasteiger partial charge in [0.25, 0.3) is 5.91 Å². The molecule has 2 rings (SSSR count). The van der Waals surface area contributed by atoms with Gasteiger partial charge in [-0.3, -0.25) is 4.79 Å². The number of carboxylic acid groups (broad SMARTS) is 1. The maximum absolute atomic E-state index is 11.6. The maximum atomic E-state index is 11.6. The lowest BCUT2D eigenvalue weighted by Gasteiger charge is -2.00.